The van der Waals surface area contributed by atoms with Gasteiger partial charge in [0, 0.05) is 26.0 Å². The lowest BCUT2D eigenvalue weighted by atomic mass is 9.99. The molecule has 1 heterocycles. The summed E-state index contributed by atoms with van der Waals surface area (Å²) < 4.78 is 18.8. The molecule has 2 rings (SSSR count). The molecule has 120 valence electrons. The molecule has 0 bridgehead atoms. The first-order valence-electron chi connectivity index (χ1n) is 7.23. The Morgan fingerprint density at radius 1 is 1.45 bits per heavy atom. The predicted molar refractivity (Wildman–Crippen MR) is 77.8 cm³/mol. The third-order valence-electron chi connectivity index (χ3n) is 4.07. The Kier molecular flexibility index (Phi) is 5.13. The molecule has 1 saturated heterocycles. The van der Waals surface area contributed by atoms with Crippen LogP contribution >= 0.6 is 0 Å². The van der Waals surface area contributed by atoms with Gasteiger partial charge in [-0.05, 0) is 18.1 Å². The van der Waals surface area contributed by atoms with Crippen LogP contribution in [0.2, 0.25) is 0 Å². The first kappa shape index (κ1) is 16.4. The maximum Gasteiger partial charge on any atom is 0.326 e. The van der Waals surface area contributed by atoms with Crippen molar-refractivity contribution in [3.05, 3.63) is 35.6 Å². The number of methoxy groups -OCH3 is 1. The summed E-state index contributed by atoms with van der Waals surface area (Å²) in [6.45, 7) is 1.95. The summed E-state index contributed by atoms with van der Waals surface area (Å²) in [4.78, 5) is 25.2. The number of carbonyl (C=O) groups is 2. The van der Waals surface area contributed by atoms with Crippen molar-refractivity contribution in [3.8, 4) is 0 Å². The Balaban J connectivity index is 2.09. The van der Waals surface area contributed by atoms with E-state index in [0.717, 1.165) is 0 Å². The molecule has 3 atom stereocenters. The second-order valence-corrected chi connectivity index (χ2v) is 5.63. The molecule has 1 amide bonds. The van der Waals surface area contributed by atoms with Crippen LogP contribution in [0.15, 0.2) is 24.3 Å². The summed E-state index contributed by atoms with van der Waals surface area (Å²) in [5.74, 6) is -2.16. The van der Waals surface area contributed by atoms with Gasteiger partial charge in [-0.3, -0.25) is 4.79 Å². The number of hydrogen-bond donors (Lipinski definition) is 1. The van der Waals surface area contributed by atoms with Gasteiger partial charge in [0.05, 0.1) is 6.10 Å². The highest BCUT2D eigenvalue weighted by molar-refractivity contribution is 5.85. The number of halogens is 1. The van der Waals surface area contributed by atoms with Gasteiger partial charge in [0.1, 0.15) is 11.9 Å². The van der Waals surface area contributed by atoms with E-state index < -0.39 is 17.9 Å². The van der Waals surface area contributed by atoms with Crippen LogP contribution < -0.4 is 0 Å². The van der Waals surface area contributed by atoms with E-state index in [2.05, 4.69) is 0 Å². The van der Waals surface area contributed by atoms with Crippen LogP contribution in [0.4, 0.5) is 4.39 Å². The van der Waals surface area contributed by atoms with E-state index in [4.69, 9.17) is 4.74 Å². The largest absolute Gasteiger partial charge is 0.480 e. The standard InChI is InChI=1S/C16H20FNO4/c1-10(7-11-5-3-4-6-13(11)17)15(19)18-9-12(22-2)8-14(18)16(20)21/h3-6,10,12,14H,7-9H2,1-2H3,(H,20,21). The number of hydrogen-bond acceptors (Lipinski definition) is 3. The molecule has 0 radical (unpaired) electrons. The molecule has 1 aromatic rings. The molecular formula is C16H20FNO4. The molecule has 0 aliphatic carbocycles. The minimum absolute atomic E-state index is 0.242. The minimum atomic E-state index is -1.04. The van der Waals surface area contributed by atoms with Crippen LogP contribution in [0.1, 0.15) is 18.9 Å². The number of rotatable bonds is 5. The molecule has 1 aliphatic rings. The summed E-state index contributed by atoms with van der Waals surface area (Å²) >= 11 is 0. The van der Waals surface area contributed by atoms with E-state index in [1.54, 1.807) is 25.1 Å². The van der Waals surface area contributed by atoms with Gasteiger partial charge in [0.2, 0.25) is 5.91 Å². The van der Waals surface area contributed by atoms with Crippen molar-refractivity contribution in [2.45, 2.75) is 31.9 Å². The highest BCUT2D eigenvalue weighted by Gasteiger charge is 2.41. The zero-order valence-corrected chi connectivity index (χ0v) is 12.7. The number of carboxylic acids is 1. The summed E-state index contributed by atoms with van der Waals surface area (Å²) in [6, 6.07) is 5.42. The van der Waals surface area contributed by atoms with Crippen LogP contribution in [0.5, 0.6) is 0 Å². The lowest BCUT2D eigenvalue weighted by molar-refractivity contribution is -0.149. The number of carbonyl (C=O) groups excluding carboxylic acids is 1. The smallest absolute Gasteiger partial charge is 0.326 e. The maximum atomic E-state index is 13.7. The van der Waals surface area contributed by atoms with Crippen molar-refractivity contribution >= 4 is 11.9 Å². The summed E-state index contributed by atoms with van der Waals surface area (Å²) in [5, 5.41) is 9.25. The molecule has 0 saturated carbocycles. The quantitative estimate of drug-likeness (QED) is 0.899. The number of benzene rings is 1. The Labute approximate surface area is 128 Å². The fourth-order valence-corrected chi connectivity index (χ4v) is 2.81. The van der Waals surface area contributed by atoms with Crippen LogP contribution in [-0.4, -0.2) is 47.7 Å². The molecule has 1 N–H and O–H groups in total. The molecule has 1 aliphatic heterocycles. The van der Waals surface area contributed by atoms with Gasteiger partial charge in [-0.1, -0.05) is 25.1 Å². The van der Waals surface area contributed by atoms with Gasteiger partial charge in [0.25, 0.3) is 0 Å². The predicted octanol–water partition coefficient (Wildman–Crippen LogP) is 1.70. The number of nitrogens with zero attached hydrogens (tertiary/aromatic N) is 1. The van der Waals surface area contributed by atoms with Crippen molar-refractivity contribution in [1.82, 2.24) is 4.90 Å². The lowest BCUT2D eigenvalue weighted by Crippen LogP contribution is -2.43. The average molecular weight is 309 g/mol. The molecular weight excluding hydrogens is 289 g/mol. The number of ether oxygens (including phenoxy) is 1. The monoisotopic (exact) mass is 309 g/mol. The minimum Gasteiger partial charge on any atom is -0.480 e. The van der Waals surface area contributed by atoms with Crippen molar-refractivity contribution in [2.75, 3.05) is 13.7 Å². The van der Waals surface area contributed by atoms with E-state index in [1.165, 1.54) is 18.1 Å². The number of carboxylic acid groups (broad SMARTS) is 1. The average Bonchev–Trinajstić information content (AvgIpc) is 2.93. The van der Waals surface area contributed by atoms with Crippen LogP contribution in [0.3, 0.4) is 0 Å². The topological polar surface area (TPSA) is 66.8 Å². The van der Waals surface area contributed by atoms with Gasteiger partial charge >= 0.3 is 5.97 Å². The third kappa shape index (κ3) is 3.44. The zero-order chi connectivity index (χ0) is 16.3. The SMILES string of the molecule is COC1CC(C(=O)O)N(C(=O)C(C)Cc2ccccc2F)C1. The van der Waals surface area contributed by atoms with E-state index >= 15 is 0 Å². The lowest BCUT2D eigenvalue weighted by Gasteiger charge is -2.25. The zero-order valence-electron chi connectivity index (χ0n) is 12.7. The molecule has 0 spiro atoms. The van der Waals surface area contributed by atoms with Crippen LogP contribution in [0.25, 0.3) is 0 Å². The molecule has 22 heavy (non-hydrogen) atoms. The second-order valence-electron chi connectivity index (χ2n) is 5.63. The normalized spacial score (nSPS) is 22.6. The third-order valence-corrected chi connectivity index (χ3v) is 4.07. The molecule has 1 fully saturated rings. The highest BCUT2D eigenvalue weighted by Crippen LogP contribution is 2.24. The fraction of sp³-hybridized carbons (Fsp3) is 0.500. The second kappa shape index (κ2) is 6.87. The Morgan fingerprint density at radius 3 is 2.73 bits per heavy atom. The summed E-state index contributed by atoms with van der Waals surface area (Å²) in [5.41, 5.74) is 0.456. The van der Waals surface area contributed by atoms with E-state index in [0.29, 0.717) is 5.56 Å². The molecule has 1 aromatic carbocycles. The van der Waals surface area contributed by atoms with Gasteiger partial charge in [0.15, 0.2) is 0 Å². The van der Waals surface area contributed by atoms with Crippen LogP contribution in [-0.2, 0) is 20.7 Å². The van der Waals surface area contributed by atoms with Gasteiger partial charge in [-0.25, -0.2) is 9.18 Å². The summed E-state index contributed by atoms with van der Waals surface area (Å²) in [7, 11) is 1.50. The first-order chi connectivity index (χ1) is 10.4. The van der Waals surface area contributed by atoms with E-state index in [-0.39, 0.29) is 37.2 Å². The van der Waals surface area contributed by atoms with Gasteiger partial charge < -0.3 is 14.7 Å². The fourth-order valence-electron chi connectivity index (χ4n) is 2.81. The van der Waals surface area contributed by atoms with Crippen molar-refractivity contribution in [2.24, 2.45) is 5.92 Å². The van der Waals surface area contributed by atoms with Gasteiger partial charge in [-0.15, -0.1) is 0 Å². The van der Waals surface area contributed by atoms with Crippen LogP contribution in [0, 0.1) is 11.7 Å². The van der Waals surface area contributed by atoms with Crippen molar-refractivity contribution in [3.63, 3.8) is 0 Å². The summed E-state index contributed by atoms with van der Waals surface area (Å²) in [6.07, 6.45) is 0.251. The highest BCUT2D eigenvalue weighted by atomic mass is 19.1. The molecule has 3 unspecified atom stereocenters. The van der Waals surface area contributed by atoms with E-state index in [1.807, 2.05) is 0 Å². The Bertz CT molecular complexity index is 563. The Hall–Kier alpha value is -1.95. The molecule has 5 nitrogen and oxygen atoms in total. The van der Waals surface area contributed by atoms with Crippen molar-refractivity contribution in [1.29, 1.82) is 0 Å². The maximum absolute atomic E-state index is 13.7. The molecule has 6 heteroatoms. The van der Waals surface area contributed by atoms with E-state index in [9.17, 15) is 19.1 Å². The Morgan fingerprint density at radius 2 is 2.14 bits per heavy atom. The van der Waals surface area contributed by atoms with Gasteiger partial charge in [-0.2, -0.15) is 0 Å². The number of aliphatic carboxylic acids is 1. The van der Waals surface area contributed by atoms with Crippen molar-refractivity contribution < 1.29 is 23.8 Å². The number of amides is 1. The molecule has 0 aromatic heterocycles. The number of likely N-dealkylation sites (tertiary alicyclic amines) is 1. The first-order valence-corrected chi connectivity index (χ1v) is 7.23.